The smallest absolute Gasteiger partial charge is 0.193 e. The van der Waals surface area contributed by atoms with Gasteiger partial charge in [-0.3, -0.25) is 0 Å². The SMILES string of the molecule is CC(C)(C)[Si](C)(C)OCC#CCC[C@H]1C[C@H](O)[C@H](CO)O1. The molecule has 1 heterocycles. The van der Waals surface area contributed by atoms with Gasteiger partial charge in [-0.1, -0.05) is 26.7 Å². The van der Waals surface area contributed by atoms with Crippen molar-refractivity contribution >= 4 is 8.32 Å². The van der Waals surface area contributed by atoms with Crippen LogP contribution in [0.25, 0.3) is 0 Å². The molecule has 0 spiro atoms. The molecule has 0 aromatic rings. The average molecular weight is 314 g/mol. The van der Waals surface area contributed by atoms with E-state index in [1.165, 1.54) is 0 Å². The number of aliphatic hydroxyl groups is 2. The molecule has 2 N–H and O–H groups in total. The molecule has 0 amide bonds. The van der Waals surface area contributed by atoms with Gasteiger partial charge in [0.05, 0.1) is 25.4 Å². The molecular formula is C16H30O4Si. The van der Waals surface area contributed by atoms with Crippen LogP contribution in [0.2, 0.25) is 18.1 Å². The first-order valence-electron chi connectivity index (χ1n) is 7.71. The second-order valence-corrected chi connectivity index (χ2v) is 12.0. The standard InChI is InChI=1S/C16H30O4Si/c1-16(2,3)21(4,5)19-10-8-6-7-9-13-11-14(18)15(12-17)20-13/h13-15,17-18H,7,9-12H2,1-5H3/t13-,14-,15-/m0/s1. The van der Waals surface area contributed by atoms with Gasteiger partial charge in [0.15, 0.2) is 8.32 Å². The quantitative estimate of drug-likeness (QED) is 0.604. The van der Waals surface area contributed by atoms with Crippen LogP contribution in [0.1, 0.15) is 40.0 Å². The van der Waals surface area contributed by atoms with Crippen molar-refractivity contribution in [2.45, 2.75) is 76.5 Å². The van der Waals surface area contributed by atoms with Gasteiger partial charge in [-0.15, -0.1) is 5.92 Å². The topological polar surface area (TPSA) is 58.9 Å². The summed E-state index contributed by atoms with van der Waals surface area (Å²) in [7, 11) is -1.70. The van der Waals surface area contributed by atoms with Crippen molar-refractivity contribution < 1.29 is 19.4 Å². The van der Waals surface area contributed by atoms with Crippen molar-refractivity contribution in [2.24, 2.45) is 0 Å². The Bertz CT molecular complexity index is 378. The molecule has 122 valence electrons. The second kappa shape index (κ2) is 7.75. The summed E-state index contributed by atoms with van der Waals surface area (Å²) < 4.78 is 11.5. The maximum Gasteiger partial charge on any atom is 0.193 e. The lowest BCUT2D eigenvalue weighted by atomic mass is 10.1. The van der Waals surface area contributed by atoms with Gasteiger partial charge in [0.2, 0.25) is 0 Å². The third-order valence-corrected chi connectivity index (χ3v) is 8.99. The monoisotopic (exact) mass is 314 g/mol. The van der Waals surface area contributed by atoms with E-state index in [1.54, 1.807) is 0 Å². The molecule has 0 bridgehead atoms. The molecule has 0 radical (unpaired) electrons. The molecule has 1 aliphatic rings. The van der Waals surface area contributed by atoms with Gasteiger partial charge >= 0.3 is 0 Å². The zero-order valence-corrected chi connectivity index (χ0v) is 15.0. The van der Waals surface area contributed by atoms with Crippen LogP contribution in [0.4, 0.5) is 0 Å². The summed E-state index contributed by atoms with van der Waals surface area (Å²) in [5, 5.41) is 18.9. The molecule has 4 nitrogen and oxygen atoms in total. The first-order chi connectivity index (χ1) is 9.67. The molecule has 1 rings (SSSR count). The van der Waals surface area contributed by atoms with Crippen LogP contribution in [0.15, 0.2) is 0 Å². The molecule has 0 aromatic carbocycles. The van der Waals surface area contributed by atoms with Gasteiger partial charge in [0, 0.05) is 12.8 Å². The van der Waals surface area contributed by atoms with Crippen molar-refractivity contribution in [1.82, 2.24) is 0 Å². The Hall–Kier alpha value is -0.383. The number of aliphatic hydroxyl groups excluding tert-OH is 2. The highest BCUT2D eigenvalue weighted by molar-refractivity contribution is 6.74. The Morgan fingerprint density at radius 3 is 2.48 bits per heavy atom. The highest BCUT2D eigenvalue weighted by atomic mass is 28.4. The van der Waals surface area contributed by atoms with Crippen LogP contribution in [0, 0.1) is 11.8 Å². The van der Waals surface area contributed by atoms with Crippen molar-refractivity contribution in [3.8, 4) is 11.8 Å². The summed E-state index contributed by atoms with van der Waals surface area (Å²) >= 11 is 0. The van der Waals surface area contributed by atoms with Crippen molar-refractivity contribution in [3.05, 3.63) is 0 Å². The van der Waals surface area contributed by atoms with Crippen LogP contribution in [0.5, 0.6) is 0 Å². The molecule has 0 aromatic heterocycles. The molecule has 3 atom stereocenters. The summed E-state index contributed by atoms with van der Waals surface area (Å²) in [4.78, 5) is 0. The van der Waals surface area contributed by atoms with Crippen molar-refractivity contribution in [1.29, 1.82) is 0 Å². The minimum atomic E-state index is -1.70. The van der Waals surface area contributed by atoms with Crippen LogP contribution in [-0.2, 0) is 9.16 Å². The molecule has 0 aliphatic carbocycles. The van der Waals surface area contributed by atoms with Gasteiger partial charge in [-0.25, -0.2) is 0 Å². The Kier molecular flexibility index (Phi) is 6.89. The van der Waals surface area contributed by atoms with Crippen molar-refractivity contribution in [2.75, 3.05) is 13.2 Å². The Labute approximate surface area is 130 Å². The normalized spacial score (nSPS) is 26.5. The van der Waals surface area contributed by atoms with Crippen LogP contribution in [0.3, 0.4) is 0 Å². The molecule has 1 aliphatic heterocycles. The second-order valence-electron chi connectivity index (χ2n) is 7.22. The maximum atomic E-state index is 9.63. The van der Waals surface area contributed by atoms with E-state index in [0.29, 0.717) is 13.0 Å². The number of hydrogen-bond acceptors (Lipinski definition) is 4. The maximum absolute atomic E-state index is 9.63. The lowest BCUT2D eigenvalue weighted by Crippen LogP contribution is -2.40. The van der Waals surface area contributed by atoms with Gasteiger partial charge in [0.25, 0.3) is 0 Å². The van der Waals surface area contributed by atoms with E-state index in [4.69, 9.17) is 14.3 Å². The van der Waals surface area contributed by atoms with E-state index >= 15 is 0 Å². The number of hydrogen-bond donors (Lipinski definition) is 2. The highest BCUT2D eigenvalue weighted by Crippen LogP contribution is 2.36. The van der Waals surface area contributed by atoms with E-state index < -0.39 is 20.5 Å². The molecule has 1 saturated heterocycles. The highest BCUT2D eigenvalue weighted by Gasteiger charge is 2.36. The largest absolute Gasteiger partial charge is 0.406 e. The molecule has 0 unspecified atom stereocenters. The first kappa shape index (κ1) is 18.7. The zero-order chi connectivity index (χ0) is 16.1. The lowest BCUT2D eigenvalue weighted by molar-refractivity contribution is -0.0232. The van der Waals surface area contributed by atoms with E-state index in [-0.39, 0.29) is 17.7 Å². The van der Waals surface area contributed by atoms with E-state index in [1.807, 2.05) is 0 Å². The summed E-state index contributed by atoms with van der Waals surface area (Å²) in [5.74, 6) is 6.18. The fourth-order valence-electron chi connectivity index (χ4n) is 1.97. The minimum absolute atomic E-state index is 0.00718. The molecule has 0 saturated carbocycles. The van der Waals surface area contributed by atoms with Crippen LogP contribution >= 0.6 is 0 Å². The first-order valence-corrected chi connectivity index (χ1v) is 10.6. The summed E-state index contributed by atoms with van der Waals surface area (Å²) in [5.41, 5.74) is 0. The van der Waals surface area contributed by atoms with E-state index in [2.05, 4.69) is 45.7 Å². The Balaban J connectivity index is 2.23. The minimum Gasteiger partial charge on any atom is -0.406 e. The van der Waals surface area contributed by atoms with Gasteiger partial charge in [-0.05, 0) is 24.6 Å². The van der Waals surface area contributed by atoms with E-state index in [9.17, 15) is 5.11 Å². The fourth-order valence-corrected chi connectivity index (χ4v) is 2.84. The molecule has 21 heavy (non-hydrogen) atoms. The molecule has 1 fully saturated rings. The lowest BCUT2D eigenvalue weighted by Gasteiger charge is -2.35. The molecular weight excluding hydrogens is 284 g/mol. The Morgan fingerprint density at radius 1 is 1.29 bits per heavy atom. The van der Waals surface area contributed by atoms with Gasteiger partial charge in [0.1, 0.15) is 6.10 Å². The zero-order valence-electron chi connectivity index (χ0n) is 14.0. The van der Waals surface area contributed by atoms with E-state index in [0.717, 1.165) is 12.8 Å². The van der Waals surface area contributed by atoms with Gasteiger partial charge in [-0.2, -0.15) is 0 Å². The number of ether oxygens (including phenoxy) is 1. The predicted octanol–water partition coefficient (Wildman–Crippen LogP) is 2.30. The summed E-state index contributed by atoms with van der Waals surface area (Å²) in [6.45, 7) is 11.5. The summed E-state index contributed by atoms with van der Waals surface area (Å²) in [6, 6.07) is 0. The van der Waals surface area contributed by atoms with Crippen LogP contribution in [-0.4, -0.2) is 50.1 Å². The summed E-state index contributed by atoms with van der Waals surface area (Å²) in [6.07, 6.45) is 1.15. The Morgan fingerprint density at radius 2 is 1.95 bits per heavy atom. The third-order valence-electron chi connectivity index (χ3n) is 4.51. The molecule has 5 heteroatoms. The number of rotatable bonds is 5. The third kappa shape index (κ3) is 5.72. The fraction of sp³-hybridized carbons (Fsp3) is 0.875. The van der Waals surface area contributed by atoms with Crippen LogP contribution < -0.4 is 0 Å². The predicted molar refractivity (Wildman–Crippen MR) is 86.5 cm³/mol. The average Bonchev–Trinajstić information content (AvgIpc) is 2.72. The van der Waals surface area contributed by atoms with Crippen molar-refractivity contribution in [3.63, 3.8) is 0 Å². The van der Waals surface area contributed by atoms with Gasteiger partial charge < -0.3 is 19.4 Å².